The highest BCUT2D eigenvalue weighted by atomic mass is 16.5. The van der Waals surface area contributed by atoms with E-state index in [0.717, 1.165) is 35.3 Å². The van der Waals surface area contributed by atoms with Gasteiger partial charge in [-0.1, -0.05) is 36.4 Å². The van der Waals surface area contributed by atoms with E-state index in [4.69, 9.17) is 9.47 Å². The van der Waals surface area contributed by atoms with Crippen LogP contribution in [0.2, 0.25) is 0 Å². The molecule has 2 atom stereocenters. The van der Waals surface area contributed by atoms with Crippen LogP contribution in [0.4, 0.5) is 0 Å². The van der Waals surface area contributed by atoms with Gasteiger partial charge in [-0.2, -0.15) is 0 Å². The van der Waals surface area contributed by atoms with E-state index >= 15 is 0 Å². The van der Waals surface area contributed by atoms with Gasteiger partial charge in [0.1, 0.15) is 11.9 Å². The van der Waals surface area contributed by atoms with Crippen molar-refractivity contribution in [2.24, 2.45) is 5.92 Å². The lowest BCUT2D eigenvalue weighted by molar-refractivity contribution is -0.141. The molecule has 158 valence electrons. The van der Waals surface area contributed by atoms with Crippen LogP contribution in [0.1, 0.15) is 18.4 Å². The van der Waals surface area contributed by atoms with Crippen molar-refractivity contribution in [2.75, 3.05) is 33.4 Å². The Kier molecular flexibility index (Phi) is 6.33. The molecule has 0 saturated carbocycles. The maximum atomic E-state index is 12.8. The lowest BCUT2D eigenvalue weighted by Crippen LogP contribution is -2.42. The van der Waals surface area contributed by atoms with Crippen molar-refractivity contribution >= 4 is 11.8 Å². The monoisotopic (exact) mass is 408 g/mol. The standard InChI is InChI=1S/C24H28N2O4/c1-29-21-8-3-7-19(15-21)18-6-2-5-17(13-18)14-20-16-26(11-10-25-23(20)27)24(28)22-9-4-12-30-22/h2-3,5-8,13,15,20,22H,4,9-12,14,16H2,1H3,(H,25,27)/t20-,22+/m0/s1. The minimum atomic E-state index is -0.352. The molecule has 4 rings (SSSR count). The highest BCUT2D eigenvalue weighted by molar-refractivity contribution is 5.84. The summed E-state index contributed by atoms with van der Waals surface area (Å²) in [6.45, 7) is 2.08. The first kappa shape index (κ1) is 20.4. The van der Waals surface area contributed by atoms with Gasteiger partial charge < -0.3 is 19.7 Å². The van der Waals surface area contributed by atoms with E-state index in [-0.39, 0.29) is 23.8 Å². The number of ether oxygens (including phenoxy) is 2. The fraction of sp³-hybridized carbons (Fsp3) is 0.417. The lowest BCUT2D eigenvalue weighted by Gasteiger charge is -2.25. The number of carbonyl (C=O) groups is 2. The Bertz CT molecular complexity index is 908. The fourth-order valence-corrected chi connectivity index (χ4v) is 4.20. The molecule has 0 aliphatic carbocycles. The van der Waals surface area contributed by atoms with Crippen molar-refractivity contribution in [2.45, 2.75) is 25.4 Å². The molecule has 30 heavy (non-hydrogen) atoms. The third-order valence-electron chi connectivity index (χ3n) is 5.82. The fourth-order valence-electron chi connectivity index (χ4n) is 4.20. The van der Waals surface area contributed by atoms with Crippen molar-refractivity contribution < 1.29 is 19.1 Å². The summed E-state index contributed by atoms with van der Waals surface area (Å²) in [7, 11) is 1.66. The summed E-state index contributed by atoms with van der Waals surface area (Å²) in [6.07, 6.45) is 1.92. The van der Waals surface area contributed by atoms with Crippen molar-refractivity contribution in [3.05, 3.63) is 54.1 Å². The van der Waals surface area contributed by atoms with Gasteiger partial charge in [0.15, 0.2) is 0 Å². The SMILES string of the molecule is COc1cccc(-c2cccc(C[C@H]3CN(C(=O)[C@H]4CCCO4)CCNC3=O)c2)c1. The Morgan fingerprint density at radius 1 is 1.20 bits per heavy atom. The number of amides is 2. The molecule has 2 aromatic rings. The van der Waals surface area contributed by atoms with Gasteiger partial charge in [0.25, 0.3) is 5.91 Å². The number of nitrogens with zero attached hydrogens (tertiary/aromatic N) is 1. The maximum absolute atomic E-state index is 12.8. The van der Waals surface area contributed by atoms with Gasteiger partial charge in [0.2, 0.25) is 5.91 Å². The zero-order chi connectivity index (χ0) is 20.9. The van der Waals surface area contributed by atoms with Crippen LogP contribution < -0.4 is 10.1 Å². The molecule has 2 heterocycles. The van der Waals surface area contributed by atoms with E-state index in [1.165, 1.54) is 0 Å². The summed E-state index contributed by atoms with van der Waals surface area (Å²) in [6, 6.07) is 16.1. The summed E-state index contributed by atoms with van der Waals surface area (Å²) in [5, 5.41) is 2.96. The molecule has 0 spiro atoms. The maximum Gasteiger partial charge on any atom is 0.251 e. The molecule has 2 amide bonds. The average molecular weight is 408 g/mol. The number of nitrogens with one attached hydrogen (secondary N) is 1. The number of hydrogen-bond donors (Lipinski definition) is 1. The number of benzene rings is 2. The van der Waals surface area contributed by atoms with E-state index in [0.29, 0.717) is 32.7 Å². The first-order valence-electron chi connectivity index (χ1n) is 10.6. The summed E-state index contributed by atoms with van der Waals surface area (Å²) in [4.78, 5) is 27.3. The Labute approximate surface area is 177 Å². The Morgan fingerprint density at radius 2 is 2.00 bits per heavy atom. The molecule has 2 aromatic carbocycles. The molecule has 0 aromatic heterocycles. The van der Waals surface area contributed by atoms with Crippen molar-refractivity contribution in [1.82, 2.24) is 10.2 Å². The average Bonchev–Trinajstić information content (AvgIpc) is 3.26. The first-order valence-corrected chi connectivity index (χ1v) is 10.6. The normalized spacial score (nSPS) is 21.8. The van der Waals surface area contributed by atoms with Crippen LogP contribution in [-0.4, -0.2) is 56.2 Å². The zero-order valence-electron chi connectivity index (χ0n) is 17.3. The highest BCUT2D eigenvalue weighted by Gasteiger charge is 2.33. The molecule has 2 fully saturated rings. The molecular formula is C24H28N2O4. The number of carbonyl (C=O) groups excluding carboxylic acids is 2. The second-order valence-corrected chi connectivity index (χ2v) is 7.91. The number of rotatable bonds is 5. The Balaban J connectivity index is 1.50. The first-order chi connectivity index (χ1) is 14.6. The Morgan fingerprint density at radius 3 is 2.77 bits per heavy atom. The zero-order valence-corrected chi connectivity index (χ0v) is 17.3. The second kappa shape index (κ2) is 9.30. The number of hydrogen-bond acceptors (Lipinski definition) is 4. The molecule has 0 unspecified atom stereocenters. The van der Waals surface area contributed by atoms with Crippen LogP contribution in [0, 0.1) is 5.92 Å². The summed E-state index contributed by atoms with van der Waals surface area (Å²) >= 11 is 0. The molecule has 1 N–H and O–H groups in total. The topological polar surface area (TPSA) is 67.9 Å². The van der Waals surface area contributed by atoms with Crippen LogP contribution in [0.3, 0.4) is 0 Å². The van der Waals surface area contributed by atoms with Gasteiger partial charge in [0, 0.05) is 26.2 Å². The van der Waals surface area contributed by atoms with Gasteiger partial charge in [-0.25, -0.2) is 0 Å². The van der Waals surface area contributed by atoms with E-state index in [2.05, 4.69) is 17.4 Å². The van der Waals surface area contributed by atoms with Gasteiger partial charge in [-0.3, -0.25) is 9.59 Å². The summed E-state index contributed by atoms with van der Waals surface area (Å²) in [5.74, 6) is 0.548. The molecule has 2 aliphatic rings. The van der Waals surface area contributed by atoms with Crippen LogP contribution in [0.25, 0.3) is 11.1 Å². The summed E-state index contributed by atoms with van der Waals surface area (Å²) < 4.78 is 10.9. The highest BCUT2D eigenvalue weighted by Crippen LogP contribution is 2.26. The Hall–Kier alpha value is -2.86. The second-order valence-electron chi connectivity index (χ2n) is 7.91. The number of methoxy groups -OCH3 is 1. The van der Waals surface area contributed by atoms with Gasteiger partial charge in [-0.05, 0) is 48.1 Å². The van der Waals surface area contributed by atoms with E-state index in [1.54, 1.807) is 12.0 Å². The van der Waals surface area contributed by atoms with E-state index < -0.39 is 0 Å². The molecule has 2 aliphatic heterocycles. The van der Waals surface area contributed by atoms with Gasteiger partial charge in [0.05, 0.1) is 13.0 Å². The lowest BCUT2D eigenvalue weighted by atomic mass is 9.95. The minimum absolute atomic E-state index is 0.00410. The van der Waals surface area contributed by atoms with Gasteiger partial charge >= 0.3 is 0 Å². The van der Waals surface area contributed by atoms with Crippen LogP contribution in [0.5, 0.6) is 5.75 Å². The molecular weight excluding hydrogens is 380 g/mol. The van der Waals surface area contributed by atoms with Crippen LogP contribution in [0.15, 0.2) is 48.5 Å². The predicted molar refractivity (Wildman–Crippen MR) is 114 cm³/mol. The predicted octanol–water partition coefficient (Wildman–Crippen LogP) is 2.66. The van der Waals surface area contributed by atoms with Crippen LogP contribution in [-0.2, 0) is 20.7 Å². The van der Waals surface area contributed by atoms with E-state index in [9.17, 15) is 9.59 Å². The van der Waals surface area contributed by atoms with Crippen molar-refractivity contribution in [3.63, 3.8) is 0 Å². The molecule has 0 radical (unpaired) electrons. The molecule has 0 bridgehead atoms. The molecule has 2 saturated heterocycles. The van der Waals surface area contributed by atoms with Crippen molar-refractivity contribution in [1.29, 1.82) is 0 Å². The molecule has 6 heteroatoms. The third-order valence-corrected chi connectivity index (χ3v) is 5.82. The van der Waals surface area contributed by atoms with Crippen LogP contribution >= 0.6 is 0 Å². The summed E-state index contributed by atoms with van der Waals surface area (Å²) in [5.41, 5.74) is 3.21. The minimum Gasteiger partial charge on any atom is -0.497 e. The smallest absolute Gasteiger partial charge is 0.251 e. The van der Waals surface area contributed by atoms with Gasteiger partial charge in [-0.15, -0.1) is 0 Å². The van der Waals surface area contributed by atoms with Crippen molar-refractivity contribution in [3.8, 4) is 16.9 Å². The quantitative estimate of drug-likeness (QED) is 0.826. The largest absolute Gasteiger partial charge is 0.497 e. The van der Waals surface area contributed by atoms with E-state index in [1.807, 2.05) is 36.4 Å². The molecule has 6 nitrogen and oxygen atoms in total. The third kappa shape index (κ3) is 4.65.